The molecule has 4 N–H and O–H groups in total. The van der Waals surface area contributed by atoms with Gasteiger partial charge in [-0.05, 0) is 0 Å². The molecule has 0 unspecified atom stereocenters. The van der Waals surface area contributed by atoms with Gasteiger partial charge in [-0.3, -0.25) is 9.36 Å². The zero-order valence-electron chi connectivity index (χ0n) is 6.45. The molecule has 0 aromatic rings. The van der Waals surface area contributed by atoms with Crippen molar-refractivity contribution in [2.45, 2.75) is 0 Å². The topological polar surface area (TPSA) is 132 Å². The second kappa shape index (κ2) is 6.36. The van der Waals surface area contributed by atoms with Gasteiger partial charge in [0, 0.05) is 6.08 Å². The molecule has 0 radical (unpaired) electrons. The zero-order chi connectivity index (χ0) is 11.1. The van der Waals surface area contributed by atoms with Crippen molar-refractivity contribution in [2.75, 3.05) is 6.16 Å². The van der Waals surface area contributed by atoms with Crippen LogP contribution in [0.15, 0.2) is 12.7 Å². The van der Waals surface area contributed by atoms with E-state index in [0.717, 1.165) is 6.08 Å². The highest BCUT2D eigenvalue weighted by atomic mass is 31.2. The summed E-state index contributed by atoms with van der Waals surface area (Å²) in [6.45, 7) is 2.96. The van der Waals surface area contributed by atoms with Crippen molar-refractivity contribution in [3.05, 3.63) is 12.7 Å². The van der Waals surface area contributed by atoms with Crippen molar-refractivity contribution >= 4 is 19.5 Å². The maximum atomic E-state index is 9.76. The van der Waals surface area contributed by atoms with Crippen LogP contribution in [0.2, 0.25) is 0 Å². The van der Waals surface area contributed by atoms with Crippen LogP contribution >= 0.6 is 7.60 Å². The molecule has 8 heteroatoms. The van der Waals surface area contributed by atoms with Crippen LogP contribution in [0.25, 0.3) is 0 Å². The molecule has 0 bridgehead atoms. The first-order chi connectivity index (χ1) is 5.69. The number of hydrogen-bond donors (Lipinski definition) is 4. The lowest BCUT2D eigenvalue weighted by atomic mass is 10.7. The Morgan fingerprint density at radius 2 is 1.62 bits per heavy atom. The second-order valence-corrected chi connectivity index (χ2v) is 3.40. The Bertz CT molecular complexity index is 239. The highest BCUT2D eigenvalue weighted by Crippen LogP contribution is 2.33. The van der Waals surface area contributed by atoms with Crippen molar-refractivity contribution in [3.8, 4) is 0 Å². The van der Waals surface area contributed by atoms with E-state index >= 15 is 0 Å². The van der Waals surface area contributed by atoms with E-state index in [2.05, 4.69) is 6.58 Å². The smallest absolute Gasteiger partial charge is 0.336 e. The van der Waals surface area contributed by atoms with Crippen molar-refractivity contribution in [3.63, 3.8) is 0 Å². The van der Waals surface area contributed by atoms with E-state index < -0.39 is 25.7 Å². The highest BCUT2D eigenvalue weighted by molar-refractivity contribution is 7.52. The molecule has 0 saturated carbocycles. The summed E-state index contributed by atoms with van der Waals surface area (Å²) in [4.78, 5) is 34.6. The second-order valence-electron chi connectivity index (χ2n) is 1.76. The molecule has 0 fully saturated rings. The summed E-state index contributed by atoms with van der Waals surface area (Å²) >= 11 is 0. The van der Waals surface area contributed by atoms with Gasteiger partial charge in [-0.15, -0.1) is 0 Å². The monoisotopic (exact) mass is 212 g/mol. The molecule has 0 rings (SSSR count). The lowest BCUT2D eigenvalue weighted by Crippen LogP contribution is -2.01. The molecular formula is C5H9O7P. The number of carboxylic acid groups (broad SMARTS) is 2. The minimum Gasteiger partial charge on any atom is -0.481 e. The fourth-order valence-electron chi connectivity index (χ4n) is 0.176. The van der Waals surface area contributed by atoms with Crippen LogP contribution in [0, 0.1) is 0 Å². The van der Waals surface area contributed by atoms with Gasteiger partial charge in [-0.25, -0.2) is 4.79 Å². The first-order valence-corrected chi connectivity index (χ1v) is 4.60. The minimum absolute atomic E-state index is 0.833. The van der Waals surface area contributed by atoms with Crippen LogP contribution in [-0.2, 0) is 14.2 Å². The molecule has 0 heterocycles. The number of carboxylic acids is 2. The Labute approximate surface area is 73.5 Å². The summed E-state index contributed by atoms with van der Waals surface area (Å²) in [5.41, 5.74) is 0. The minimum atomic E-state index is -4.32. The Kier molecular flexibility index (Phi) is 7.02. The fourth-order valence-corrected chi connectivity index (χ4v) is 0.529. The largest absolute Gasteiger partial charge is 0.481 e. The Balaban J connectivity index is 0. The third kappa shape index (κ3) is 24.8. The predicted molar refractivity (Wildman–Crippen MR) is 42.4 cm³/mol. The van der Waals surface area contributed by atoms with E-state index in [-0.39, 0.29) is 0 Å². The van der Waals surface area contributed by atoms with Crippen LogP contribution in [0.5, 0.6) is 0 Å². The Morgan fingerprint density at radius 1 is 1.31 bits per heavy atom. The molecule has 0 aromatic carbocycles. The molecule has 76 valence electrons. The normalized spacial score (nSPS) is 9.38. The van der Waals surface area contributed by atoms with Gasteiger partial charge in [-0.1, -0.05) is 6.58 Å². The molecule has 13 heavy (non-hydrogen) atoms. The van der Waals surface area contributed by atoms with Gasteiger partial charge in [0.1, 0.15) is 6.16 Å². The molecule has 7 nitrogen and oxygen atoms in total. The lowest BCUT2D eigenvalue weighted by molar-refractivity contribution is -0.134. The van der Waals surface area contributed by atoms with Crippen molar-refractivity contribution in [1.82, 2.24) is 0 Å². The van der Waals surface area contributed by atoms with Gasteiger partial charge in [0.25, 0.3) is 0 Å². The maximum absolute atomic E-state index is 9.76. The Hall–Kier alpha value is -1.17. The third-order valence-corrected chi connectivity index (χ3v) is 1.20. The van der Waals surface area contributed by atoms with Gasteiger partial charge in [0.15, 0.2) is 0 Å². The average Bonchev–Trinajstić information content (AvgIpc) is 1.83. The third-order valence-electron chi connectivity index (χ3n) is 0.516. The first-order valence-electron chi connectivity index (χ1n) is 2.80. The van der Waals surface area contributed by atoms with Gasteiger partial charge in [-0.2, -0.15) is 0 Å². The van der Waals surface area contributed by atoms with Gasteiger partial charge < -0.3 is 20.0 Å². The van der Waals surface area contributed by atoms with Crippen LogP contribution < -0.4 is 0 Å². The first kappa shape index (κ1) is 14.4. The SMILES string of the molecule is C=CC(=O)O.O=C(O)CP(=O)(O)O. The standard InChI is InChI=1S/C3H4O2.C2H5O5P/c1-2-3(4)5;3-2(4)1-8(5,6)7/h2H,1H2,(H,4,5);1H2,(H,3,4)(H2,5,6,7). The highest BCUT2D eigenvalue weighted by Gasteiger charge is 2.17. The van der Waals surface area contributed by atoms with Crippen molar-refractivity contribution in [1.29, 1.82) is 0 Å². The molecule has 0 atom stereocenters. The van der Waals surface area contributed by atoms with Crippen LogP contribution in [-0.4, -0.2) is 38.1 Å². The number of rotatable bonds is 3. The lowest BCUT2D eigenvalue weighted by Gasteiger charge is -1.95. The predicted octanol–water partition coefficient (Wildman–Crippen LogP) is -0.494. The van der Waals surface area contributed by atoms with Crippen LogP contribution in [0.1, 0.15) is 0 Å². The van der Waals surface area contributed by atoms with Crippen molar-refractivity contribution < 1.29 is 34.2 Å². The van der Waals surface area contributed by atoms with E-state index in [4.69, 9.17) is 20.0 Å². The number of hydrogen-bond acceptors (Lipinski definition) is 3. The van der Waals surface area contributed by atoms with Gasteiger partial charge in [0.05, 0.1) is 0 Å². The molecule has 0 aromatic heterocycles. The van der Waals surface area contributed by atoms with Crippen LogP contribution in [0.3, 0.4) is 0 Å². The Morgan fingerprint density at radius 3 is 1.62 bits per heavy atom. The van der Waals surface area contributed by atoms with E-state index in [1.165, 1.54) is 0 Å². The summed E-state index contributed by atoms with van der Waals surface area (Å²) in [7, 11) is -4.32. The molecule has 0 spiro atoms. The average molecular weight is 212 g/mol. The summed E-state index contributed by atoms with van der Waals surface area (Å²) in [6, 6.07) is 0. The van der Waals surface area contributed by atoms with Gasteiger partial charge in [0.2, 0.25) is 0 Å². The molecule has 0 amide bonds. The maximum Gasteiger partial charge on any atom is 0.336 e. The van der Waals surface area contributed by atoms with E-state index in [0.29, 0.717) is 0 Å². The van der Waals surface area contributed by atoms with Crippen LogP contribution in [0.4, 0.5) is 0 Å². The molecule has 0 aliphatic rings. The number of carbonyl (C=O) groups is 2. The van der Waals surface area contributed by atoms with E-state index in [1.807, 2.05) is 0 Å². The van der Waals surface area contributed by atoms with Crippen molar-refractivity contribution in [2.24, 2.45) is 0 Å². The summed E-state index contributed by atoms with van der Waals surface area (Å²) in [5.74, 6) is -2.47. The molecule has 0 saturated heterocycles. The quantitative estimate of drug-likeness (QED) is 0.366. The van der Waals surface area contributed by atoms with E-state index in [9.17, 15) is 14.2 Å². The molecule has 0 aliphatic heterocycles. The summed E-state index contributed by atoms with van der Waals surface area (Å²) < 4.78 is 9.76. The summed E-state index contributed by atoms with van der Waals surface area (Å²) in [5, 5.41) is 15.4. The molecule has 0 aliphatic carbocycles. The van der Waals surface area contributed by atoms with Gasteiger partial charge >= 0.3 is 19.5 Å². The number of aliphatic carboxylic acids is 2. The van der Waals surface area contributed by atoms with E-state index in [1.54, 1.807) is 0 Å². The zero-order valence-corrected chi connectivity index (χ0v) is 7.35. The molecular weight excluding hydrogens is 203 g/mol. The summed E-state index contributed by atoms with van der Waals surface area (Å²) in [6.07, 6.45) is -0.257. The fraction of sp³-hybridized carbons (Fsp3) is 0.200.